The van der Waals surface area contributed by atoms with Crippen LogP contribution >= 0.6 is 0 Å². The maximum absolute atomic E-state index is 12.9. The zero-order chi connectivity index (χ0) is 15.7. The Balaban J connectivity index is 2.34. The summed E-state index contributed by atoms with van der Waals surface area (Å²) in [6.45, 7) is 4.58. The maximum atomic E-state index is 12.9. The van der Waals surface area contributed by atoms with Gasteiger partial charge in [-0.15, -0.1) is 0 Å². The summed E-state index contributed by atoms with van der Waals surface area (Å²) in [5.74, 6) is -0.255. The van der Waals surface area contributed by atoms with Gasteiger partial charge in [0, 0.05) is 26.4 Å². The average molecular weight is 294 g/mol. The van der Waals surface area contributed by atoms with Gasteiger partial charge in [0.15, 0.2) is 0 Å². The smallest absolute Gasteiger partial charge is 0.220 e. The van der Waals surface area contributed by atoms with Crippen LogP contribution in [0.1, 0.15) is 44.6 Å². The Hall–Kier alpha value is -1.91. The lowest BCUT2D eigenvalue weighted by Crippen LogP contribution is -2.29. The van der Waals surface area contributed by atoms with E-state index in [2.05, 4.69) is 10.6 Å². The molecule has 1 rings (SSSR count). The third-order valence-corrected chi connectivity index (χ3v) is 3.32. The summed E-state index contributed by atoms with van der Waals surface area (Å²) in [6.07, 6.45) is 1.92. The summed E-state index contributed by atoms with van der Waals surface area (Å²) in [4.78, 5) is 22.6. The number of carbonyl (C=O) groups excluding carboxylic acids is 2. The molecule has 0 saturated carbocycles. The van der Waals surface area contributed by atoms with Gasteiger partial charge in [-0.25, -0.2) is 4.39 Å². The molecule has 0 bridgehead atoms. The standard InChI is InChI=1S/C16H23FN2O2/c1-3-13(14-5-7-15(17)8-6-14)11-16(21)19-10-4-9-18-12(2)20/h5-8,13H,3-4,9-11H2,1-2H3,(H,18,20)(H,19,21). The lowest BCUT2D eigenvalue weighted by molar-refractivity contribution is -0.121. The van der Waals surface area contributed by atoms with E-state index in [0.29, 0.717) is 25.9 Å². The van der Waals surface area contributed by atoms with Gasteiger partial charge in [0.25, 0.3) is 0 Å². The Kier molecular flexibility index (Phi) is 7.43. The van der Waals surface area contributed by atoms with Gasteiger partial charge in [0.2, 0.25) is 11.8 Å². The first-order valence-electron chi connectivity index (χ1n) is 7.29. The highest BCUT2D eigenvalue weighted by Crippen LogP contribution is 2.23. The second kappa shape index (κ2) is 9.10. The van der Waals surface area contributed by atoms with E-state index in [9.17, 15) is 14.0 Å². The van der Waals surface area contributed by atoms with Crippen LogP contribution in [-0.4, -0.2) is 24.9 Å². The number of benzene rings is 1. The molecule has 0 saturated heterocycles. The summed E-state index contributed by atoms with van der Waals surface area (Å²) < 4.78 is 12.9. The van der Waals surface area contributed by atoms with Gasteiger partial charge < -0.3 is 10.6 Å². The average Bonchev–Trinajstić information content (AvgIpc) is 2.45. The molecule has 4 nitrogen and oxygen atoms in total. The van der Waals surface area contributed by atoms with E-state index >= 15 is 0 Å². The number of carbonyl (C=O) groups is 2. The summed E-state index contributed by atoms with van der Waals surface area (Å²) in [5, 5.41) is 5.51. The van der Waals surface area contributed by atoms with E-state index in [1.807, 2.05) is 6.92 Å². The van der Waals surface area contributed by atoms with Crippen LogP contribution in [0.5, 0.6) is 0 Å². The molecule has 1 unspecified atom stereocenters. The van der Waals surface area contributed by atoms with Gasteiger partial charge >= 0.3 is 0 Å². The third kappa shape index (κ3) is 6.88. The molecule has 1 aromatic carbocycles. The molecule has 0 aliphatic heterocycles. The fourth-order valence-corrected chi connectivity index (χ4v) is 2.11. The van der Waals surface area contributed by atoms with Gasteiger partial charge in [-0.3, -0.25) is 9.59 Å². The van der Waals surface area contributed by atoms with Crippen molar-refractivity contribution in [3.8, 4) is 0 Å². The van der Waals surface area contributed by atoms with Gasteiger partial charge in [-0.05, 0) is 36.5 Å². The molecular formula is C16H23FN2O2. The van der Waals surface area contributed by atoms with Gasteiger partial charge in [-0.2, -0.15) is 0 Å². The Morgan fingerprint density at radius 3 is 2.33 bits per heavy atom. The van der Waals surface area contributed by atoms with E-state index in [0.717, 1.165) is 12.0 Å². The first-order chi connectivity index (χ1) is 10.0. The van der Waals surface area contributed by atoms with Crippen molar-refractivity contribution in [1.82, 2.24) is 10.6 Å². The molecule has 1 aromatic rings. The van der Waals surface area contributed by atoms with E-state index < -0.39 is 0 Å². The van der Waals surface area contributed by atoms with Crippen LogP contribution in [0.25, 0.3) is 0 Å². The van der Waals surface area contributed by atoms with Crippen LogP contribution in [0, 0.1) is 5.82 Å². The molecule has 5 heteroatoms. The summed E-state index contributed by atoms with van der Waals surface area (Å²) >= 11 is 0. The van der Waals surface area contributed by atoms with Crippen LogP contribution in [0.3, 0.4) is 0 Å². The first kappa shape index (κ1) is 17.1. The minimum Gasteiger partial charge on any atom is -0.356 e. The highest BCUT2D eigenvalue weighted by molar-refractivity contribution is 5.76. The van der Waals surface area contributed by atoms with Gasteiger partial charge in [0.05, 0.1) is 0 Å². The lowest BCUT2D eigenvalue weighted by atomic mass is 9.93. The van der Waals surface area contributed by atoms with Crippen LogP contribution in [-0.2, 0) is 9.59 Å². The number of rotatable bonds is 8. The van der Waals surface area contributed by atoms with Crippen molar-refractivity contribution in [2.45, 2.75) is 39.0 Å². The minimum atomic E-state index is -0.268. The molecule has 0 radical (unpaired) electrons. The molecule has 2 N–H and O–H groups in total. The highest BCUT2D eigenvalue weighted by atomic mass is 19.1. The predicted molar refractivity (Wildman–Crippen MR) is 80.4 cm³/mol. The number of halogens is 1. The van der Waals surface area contributed by atoms with Gasteiger partial charge in [-0.1, -0.05) is 19.1 Å². The zero-order valence-corrected chi connectivity index (χ0v) is 12.6. The Morgan fingerprint density at radius 1 is 1.14 bits per heavy atom. The molecule has 0 spiro atoms. The van der Waals surface area contributed by atoms with Crippen molar-refractivity contribution >= 4 is 11.8 Å². The quantitative estimate of drug-likeness (QED) is 0.723. The topological polar surface area (TPSA) is 58.2 Å². The Labute approximate surface area is 125 Å². The number of hydrogen-bond acceptors (Lipinski definition) is 2. The van der Waals surface area contributed by atoms with Crippen LogP contribution < -0.4 is 10.6 Å². The number of hydrogen-bond donors (Lipinski definition) is 2. The lowest BCUT2D eigenvalue weighted by Gasteiger charge is -2.15. The number of nitrogens with one attached hydrogen (secondary N) is 2. The maximum Gasteiger partial charge on any atom is 0.220 e. The van der Waals surface area contributed by atoms with Crippen molar-refractivity contribution in [3.05, 3.63) is 35.6 Å². The predicted octanol–water partition coefficient (Wildman–Crippen LogP) is 2.35. The fraction of sp³-hybridized carbons (Fsp3) is 0.500. The molecule has 21 heavy (non-hydrogen) atoms. The molecule has 0 aliphatic rings. The van der Waals surface area contributed by atoms with Crippen LogP contribution in [0.4, 0.5) is 4.39 Å². The minimum absolute atomic E-state index is 0.0194. The third-order valence-electron chi connectivity index (χ3n) is 3.32. The van der Waals surface area contributed by atoms with Crippen molar-refractivity contribution in [2.24, 2.45) is 0 Å². The molecule has 1 atom stereocenters. The van der Waals surface area contributed by atoms with Crippen molar-refractivity contribution < 1.29 is 14.0 Å². The molecule has 116 valence electrons. The van der Waals surface area contributed by atoms with Crippen molar-refractivity contribution in [3.63, 3.8) is 0 Å². The van der Waals surface area contributed by atoms with E-state index in [-0.39, 0.29) is 23.5 Å². The monoisotopic (exact) mass is 294 g/mol. The second-order valence-electron chi connectivity index (χ2n) is 5.05. The SMILES string of the molecule is CCC(CC(=O)NCCCNC(C)=O)c1ccc(F)cc1. The second-order valence-corrected chi connectivity index (χ2v) is 5.05. The van der Waals surface area contributed by atoms with E-state index in [4.69, 9.17) is 0 Å². The largest absolute Gasteiger partial charge is 0.356 e. The molecule has 2 amide bonds. The summed E-state index contributed by atoms with van der Waals surface area (Å²) in [6, 6.07) is 6.30. The molecule has 0 aromatic heterocycles. The zero-order valence-electron chi connectivity index (χ0n) is 12.6. The molecule has 0 fully saturated rings. The van der Waals surface area contributed by atoms with Crippen LogP contribution in [0.2, 0.25) is 0 Å². The first-order valence-corrected chi connectivity index (χ1v) is 7.29. The highest BCUT2D eigenvalue weighted by Gasteiger charge is 2.14. The van der Waals surface area contributed by atoms with Crippen molar-refractivity contribution in [2.75, 3.05) is 13.1 Å². The van der Waals surface area contributed by atoms with Gasteiger partial charge in [0.1, 0.15) is 5.82 Å². The van der Waals surface area contributed by atoms with E-state index in [1.54, 1.807) is 12.1 Å². The molecule has 0 heterocycles. The van der Waals surface area contributed by atoms with Crippen LogP contribution in [0.15, 0.2) is 24.3 Å². The normalized spacial score (nSPS) is 11.8. The summed E-state index contributed by atoms with van der Waals surface area (Å²) in [5.41, 5.74) is 0.979. The molecular weight excluding hydrogens is 271 g/mol. The summed E-state index contributed by atoms with van der Waals surface area (Å²) in [7, 11) is 0. The number of amides is 2. The Morgan fingerprint density at radius 2 is 1.76 bits per heavy atom. The fourth-order valence-electron chi connectivity index (χ4n) is 2.11. The molecule has 0 aliphatic carbocycles. The van der Waals surface area contributed by atoms with Crippen molar-refractivity contribution in [1.29, 1.82) is 0 Å². The van der Waals surface area contributed by atoms with E-state index in [1.165, 1.54) is 19.1 Å². The Bertz CT molecular complexity index is 460.